The predicted octanol–water partition coefficient (Wildman–Crippen LogP) is 4.81. The maximum Gasteiger partial charge on any atom is 0.293 e. The van der Waals surface area contributed by atoms with Gasteiger partial charge in [-0.25, -0.2) is 0 Å². The molecule has 1 atom stereocenters. The minimum atomic E-state index is -0.508. The van der Waals surface area contributed by atoms with Crippen molar-refractivity contribution in [3.05, 3.63) is 67.2 Å². The van der Waals surface area contributed by atoms with Gasteiger partial charge in [-0.1, -0.05) is 29.3 Å². The van der Waals surface area contributed by atoms with Gasteiger partial charge in [0.2, 0.25) is 5.91 Å². The van der Waals surface area contributed by atoms with Crippen LogP contribution in [0.3, 0.4) is 0 Å². The molecular formula is C18H19Cl2N3O3. The van der Waals surface area contributed by atoms with Gasteiger partial charge in [0.25, 0.3) is 5.69 Å². The summed E-state index contributed by atoms with van der Waals surface area (Å²) in [6.07, 6.45) is 0. The summed E-state index contributed by atoms with van der Waals surface area (Å²) >= 11 is 12.0. The van der Waals surface area contributed by atoms with Gasteiger partial charge in [-0.3, -0.25) is 14.9 Å². The fourth-order valence-corrected chi connectivity index (χ4v) is 3.03. The van der Waals surface area contributed by atoms with Crippen LogP contribution in [-0.2, 0) is 4.79 Å². The number of amides is 1. The normalized spacial score (nSPS) is 11.9. The van der Waals surface area contributed by atoms with Gasteiger partial charge in [-0.2, -0.15) is 0 Å². The molecule has 0 saturated carbocycles. The maximum absolute atomic E-state index is 12.2. The molecular weight excluding hydrogens is 377 g/mol. The summed E-state index contributed by atoms with van der Waals surface area (Å²) in [5.74, 6) is -0.381. The summed E-state index contributed by atoms with van der Waals surface area (Å²) in [5.41, 5.74) is 2.51. The summed E-state index contributed by atoms with van der Waals surface area (Å²) in [4.78, 5) is 22.9. The highest BCUT2D eigenvalue weighted by atomic mass is 35.5. The number of nitro groups is 1. The molecule has 8 heteroatoms. The molecule has 0 aliphatic carbocycles. The number of halogens is 2. The highest BCUT2D eigenvalue weighted by Gasteiger charge is 2.18. The zero-order valence-electron chi connectivity index (χ0n) is 14.6. The number of aryl methyl sites for hydroxylation is 2. The number of carbonyl (C=O) groups is 1. The predicted molar refractivity (Wildman–Crippen MR) is 104 cm³/mol. The summed E-state index contributed by atoms with van der Waals surface area (Å²) in [7, 11) is 0. The van der Waals surface area contributed by atoms with E-state index < -0.39 is 4.92 Å². The van der Waals surface area contributed by atoms with E-state index in [1.54, 1.807) is 31.2 Å². The van der Waals surface area contributed by atoms with Gasteiger partial charge in [0, 0.05) is 22.2 Å². The van der Waals surface area contributed by atoms with Gasteiger partial charge >= 0.3 is 0 Å². The van der Waals surface area contributed by atoms with Crippen LogP contribution in [0.25, 0.3) is 0 Å². The fraction of sp³-hybridized carbons (Fsp3) is 0.278. The summed E-state index contributed by atoms with van der Waals surface area (Å²) in [5, 5.41) is 17.9. The van der Waals surface area contributed by atoms with Crippen LogP contribution >= 0.6 is 23.2 Å². The second-order valence-electron chi connectivity index (χ2n) is 6.03. The van der Waals surface area contributed by atoms with Crippen molar-refractivity contribution < 1.29 is 9.72 Å². The number of benzene rings is 2. The molecule has 0 radical (unpaired) electrons. The molecule has 0 aliphatic heterocycles. The molecule has 0 spiro atoms. The van der Waals surface area contributed by atoms with E-state index in [4.69, 9.17) is 23.2 Å². The summed E-state index contributed by atoms with van der Waals surface area (Å²) in [6, 6.07) is 8.00. The first kappa shape index (κ1) is 20.2. The van der Waals surface area contributed by atoms with E-state index in [2.05, 4.69) is 10.6 Å². The van der Waals surface area contributed by atoms with E-state index in [0.717, 1.165) is 16.7 Å². The largest absolute Gasteiger partial charge is 0.319 e. The molecule has 2 aromatic rings. The standard InChI is InChI=1S/C18H19Cl2N3O3/c1-10-6-16(17(23(25)26)7-11(10)2)22-18(24)9-21-12(3)14-5-4-13(19)8-15(14)20/h4-8,12,21H,9H2,1-3H3,(H,22,24)/t12-/m1/s1. The van der Waals surface area contributed by atoms with Crippen LogP contribution < -0.4 is 10.6 Å². The lowest BCUT2D eigenvalue weighted by molar-refractivity contribution is -0.384. The van der Waals surface area contributed by atoms with Crippen LogP contribution in [0.2, 0.25) is 10.0 Å². The van der Waals surface area contributed by atoms with Gasteiger partial charge in [-0.15, -0.1) is 0 Å². The van der Waals surface area contributed by atoms with E-state index >= 15 is 0 Å². The Morgan fingerprint density at radius 1 is 1.19 bits per heavy atom. The average Bonchev–Trinajstić information content (AvgIpc) is 2.55. The Kier molecular flexibility index (Phi) is 6.58. The highest BCUT2D eigenvalue weighted by Crippen LogP contribution is 2.28. The van der Waals surface area contributed by atoms with Crippen molar-refractivity contribution in [2.75, 3.05) is 11.9 Å². The molecule has 0 heterocycles. The first-order valence-electron chi connectivity index (χ1n) is 7.93. The van der Waals surface area contributed by atoms with Crippen molar-refractivity contribution in [2.45, 2.75) is 26.8 Å². The van der Waals surface area contributed by atoms with Crippen LogP contribution in [0, 0.1) is 24.0 Å². The van der Waals surface area contributed by atoms with Gasteiger partial charge < -0.3 is 10.6 Å². The van der Waals surface area contributed by atoms with E-state index in [1.165, 1.54) is 6.07 Å². The molecule has 0 aromatic heterocycles. The van der Waals surface area contributed by atoms with Crippen molar-refractivity contribution in [2.24, 2.45) is 0 Å². The molecule has 2 rings (SSSR count). The van der Waals surface area contributed by atoms with E-state index in [-0.39, 0.29) is 29.9 Å². The zero-order chi connectivity index (χ0) is 19.4. The lowest BCUT2D eigenvalue weighted by Crippen LogP contribution is -2.30. The topological polar surface area (TPSA) is 84.3 Å². The first-order valence-corrected chi connectivity index (χ1v) is 8.68. The third-order valence-electron chi connectivity index (χ3n) is 4.08. The first-order chi connectivity index (χ1) is 12.2. The summed E-state index contributed by atoms with van der Waals surface area (Å²) in [6.45, 7) is 5.45. The highest BCUT2D eigenvalue weighted by molar-refractivity contribution is 6.35. The monoisotopic (exact) mass is 395 g/mol. The van der Waals surface area contributed by atoms with Gasteiger partial charge in [0.1, 0.15) is 5.69 Å². The second kappa shape index (κ2) is 8.49. The second-order valence-corrected chi connectivity index (χ2v) is 6.87. The van der Waals surface area contributed by atoms with Crippen LogP contribution in [0.5, 0.6) is 0 Å². The molecule has 2 aromatic carbocycles. The summed E-state index contributed by atoms with van der Waals surface area (Å²) < 4.78 is 0. The molecule has 2 N–H and O–H groups in total. The molecule has 0 saturated heterocycles. The lowest BCUT2D eigenvalue weighted by atomic mass is 10.1. The van der Waals surface area contributed by atoms with E-state index in [9.17, 15) is 14.9 Å². The van der Waals surface area contributed by atoms with Gasteiger partial charge in [0.15, 0.2) is 0 Å². The van der Waals surface area contributed by atoms with Crippen molar-refractivity contribution in [3.63, 3.8) is 0 Å². The smallest absolute Gasteiger partial charge is 0.293 e. The molecule has 6 nitrogen and oxygen atoms in total. The van der Waals surface area contributed by atoms with E-state index in [1.807, 2.05) is 13.8 Å². The molecule has 0 bridgehead atoms. The molecule has 26 heavy (non-hydrogen) atoms. The van der Waals surface area contributed by atoms with Crippen molar-refractivity contribution in [3.8, 4) is 0 Å². The number of nitrogens with zero attached hydrogens (tertiary/aromatic N) is 1. The number of hydrogen-bond acceptors (Lipinski definition) is 4. The van der Waals surface area contributed by atoms with Crippen molar-refractivity contribution in [1.82, 2.24) is 5.32 Å². The zero-order valence-corrected chi connectivity index (χ0v) is 16.1. The van der Waals surface area contributed by atoms with Crippen LogP contribution in [0.15, 0.2) is 30.3 Å². The van der Waals surface area contributed by atoms with Crippen LogP contribution in [-0.4, -0.2) is 17.4 Å². The van der Waals surface area contributed by atoms with Crippen molar-refractivity contribution >= 4 is 40.5 Å². The Morgan fingerprint density at radius 2 is 1.85 bits per heavy atom. The quantitative estimate of drug-likeness (QED) is 0.542. The molecule has 1 amide bonds. The molecule has 0 unspecified atom stereocenters. The van der Waals surface area contributed by atoms with Crippen LogP contribution in [0.4, 0.5) is 11.4 Å². The number of rotatable bonds is 6. The third-order valence-corrected chi connectivity index (χ3v) is 4.64. The molecule has 0 aliphatic rings. The Morgan fingerprint density at radius 3 is 2.46 bits per heavy atom. The fourth-order valence-electron chi connectivity index (χ4n) is 2.45. The number of nitro benzene ring substituents is 1. The Hall–Kier alpha value is -2.15. The third kappa shape index (κ3) is 4.94. The minimum Gasteiger partial charge on any atom is -0.319 e. The Labute approximate surface area is 161 Å². The number of anilines is 1. The minimum absolute atomic E-state index is 0.0236. The average molecular weight is 396 g/mol. The van der Waals surface area contributed by atoms with E-state index in [0.29, 0.717) is 10.0 Å². The van der Waals surface area contributed by atoms with Crippen molar-refractivity contribution in [1.29, 1.82) is 0 Å². The molecule has 138 valence electrons. The Bertz CT molecular complexity index is 856. The van der Waals surface area contributed by atoms with Crippen LogP contribution in [0.1, 0.15) is 29.7 Å². The SMILES string of the molecule is Cc1cc(NC(=O)CN[C@H](C)c2ccc(Cl)cc2Cl)c([N+](=O)[O-])cc1C. The molecule has 0 fully saturated rings. The number of nitrogens with one attached hydrogen (secondary N) is 2. The lowest BCUT2D eigenvalue weighted by Gasteiger charge is -2.16. The maximum atomic E-state index is 12.2. The Balaban J connectivity index is 2.05. The number of carbonyl (C=O) groups excluding carboxylic acids is 1. The number of hydrogen-bond donors (Lipinski definition) is 2. The van der Waals surface area contributed by atoms with Gasteiger partial charge in [0.05, 0.1) is 11.5 Å². The van der Waals surface area contributed by atoms with Gasteiger partial charge in [-0.05, 0) is 55.7 Å².